The van der Waals surface area contributed by atoms with E-state index in [1.54, 1.807) is 0 Å². The van der Waals surface area contributed by atoms with Crippen LogP contribution in [0.5, 0.6) is 0 Å². The van der Waals surface area contributed by atoms with E-state index in [4.69, 9.17) is 10.5 Å². The summed E-state index contributed by atoms with van der Waals surface area (Å²) in [5.74, 6) is -0.279. The van der Waals surface area contributed by atoms with Gasteiger partial charge in [-0.3, -0.25) is 9.69 Å². The molecule has 0 aromatic carbocycles. The zero-order chi connectivity index (χ0) is 12.5. The highest BCUT2D eigenvalue weighted by atomic mass is 16.5. The second-order valence-corrected chi connectivity index (χ2v) is 4.43. The van der Waals surface area contributed by atoms with Crippen LogP contribution in [0.25, 0.3) is 0 Å². The van der Waals surface area contributed by atoms with Crippen LogP contribution in [0.15, 0.2) is 0 Å². The molecule has 7 nitrogen and oxygen atoms in total. The molecule has 1 atom stereocenters. The molecule has 7 heteroatoms. The molecule has 17 heavy (non-hydrogen) atoms. The summed E-state index contributed by atoms with van der Waals surface area (Å²) in [5, 5.41) is 12.1. The Morgan fingerprint density at radius 2 is 2.12 bits per heavy atom. The van der Waals surface area contributed by atoms with E-state index in [1.807, 2.05) is 0 Å². The maximum absolute atomic E-state index is 12.2. The number of ether oxygens (including phenoxy) is 1. The second-order valence-electron chi connectivity index (χ2n) is 4.43. The summed E-state index contributed by atoms with van der Waals surface area (Å²) in [6.07, 6.45) is 0.0826. The molecule has 0 aromatic heterocycles. The van der Waals surface area contributed by atoms with Gasteiger partial charge in [-0.25, -0.2) is 4.79 Å². The minimum Gasteiger partial charge on any atom is -0.390 e. The molecule has 2 fully saturated rings. The number of amides is 3. The van der Waals surface area contributed by atoms with Gasteiger partial charge in [0.1, 0.15) is 5.54 Å². The highest BCUT2D eigenvalue weighted by Gasteiger charge is 2.51. The van der Waals surface area contributed by atoms with Gasteiger partial charge in [-0.1, -0.05) is 0 Å². The molecule has 2 rings (SSSR count). The minimum atomic E-state index is -0.875. The summed E-state index contributed by atoms with van der Waals surface area (Å²) in [5.41, 5.74) is 4.44. The number of aliphatic hydroxyl groups excluding tert-OH is 1. The fourth-order valence-corrected chi connectivity index (χ4v) is 2.19. The quantitative estimate of drug-likeness (QED) is 0.518. The lowest BCUT2D eigenvalue weighted by atomic mass is 9.90. The lowest BCUT2D eigenvalue weighted by Gasteiger charge is -2.30. The molecule has 0 aromatic rings. The van der Waals surface area contributed by atoms with Crippen molar-refractivity contribution in [3.63, 3.8) is 0 Å². The Balaban J connectivity index is 2.10. The third-order valence-corrected chi connectivity index (χ3v) is 3.26. The van der Waals surface area contributed by atoms with Crippen molar-refractivity contribution in [2.24, 2.45) is 5.73 Å². The van der Waals surface area contributed by atoms with Crippen molar-refractivity contribution in [3.8, 4) is 0 Å². The number of carbonyl (C=O) groups excluding carboxylic acids is 2. The first-order valence-electron chi connectivity index (χ1n) is 5.69. The first-order valence-corrected chi connectivity index (χ1v) is 5.69. The van der Waals surface area contributed by atoms with Gasteiger partial charge in [0.25, 0.3) is 5.91 Å². The molecule has 4 N–H and O–H groups in total. The number of carbonyl (C=O) groups is 2. The van der Waals surface area contributed by atoms with E-state index in [2.05, 4.69) is 5.32 Å². The van der Waals surface area contributed by atoms with Crippen LogP contribution >= 0.6 is 0 Å². The zero-order valence-electron chi connectivity index (χ0n) is 9.52. The molecule has 2 aliphatic rings. The highest BCUT2D eigenvalue weighted by Crippen LogP contribution is 2.28. The monoisotopic (exact) mass is 243 g/mol. The van der Waals surface area contributed by atoms with Gasteiger partial charge in [0.05, 0.1) is 12.6 Å². The van der Waals surface area contributed by atoms with Crippen molar-refractivity contribution in [1.29, 1.82) is 0 Å². The maximum atomic E-state index is 12.2. The fraction of sp³-hybridized carbons (Fsp3) is 0.800. The van der Waals surface area contributed by atoms with Gasteiger partial charge in [0.15, 0.2) is 0 Å². The molecule has 96 valence electrons. The van der Waals surface area contributed by atoms with Gasteiger partial charge in [-0.15, -0.1) is 0 Å². The molecule has 2 aliphatic heterocycles. The Morgan fingerprint density at radius 3 is 2.71 bits per heavy atom. The SMILES string of the molecule is NCC(O)CN1C(=O)NC2(CCOCC2)C1=O. The molecule has 0 bridgehead atoms. The van der Waals surface area contributed by atoms with E-state index in [1.165, 1.54) is 0 Å². The van der Waals surface area contributed by atoms with Crippen LogP contribution < -0.4 is 11.1 Å². The van der Waals surface area contributed by atoms with Gasteiger partial charge in [-0.05, 0) is 0 Å². The molecule has 0 aliphatic carbocycles. The molecular weight excluding hydrogens is 226 g/mol. The molecule has 1 unspecified atom stereocenters. The number of urea groups is 1. The Morgan fingerprint density at radius 1 is 1.47 bits per heavy atom. The van der Waals surface area contributed by atoms with Crippen LogP contribution in [-0.2, 0) is 9.53 Å². The van der Waals surface area contributed by atoms with Crippen molar-refractivity contribution in [2.45, 2.75) is 24.5 Å². The number of nitrogens with zero attached hydrogens (tertiary/aromatic N) is 1. The van der Waals surface area contributed by atoms with Crippen molar-refractivity contribution in [1.82, 2.24) is 10.2 Å². The normalized spacial score (nSPS) is 25.2. The highest BCUT2D eigenvalue weighted by molar-refractivity contribution is 6.07. The number of rotatable bonds is 3. The van der Waals surface area contributed by atoms with Crippen molar-refractivity contribution < 1.29 is 19.4 Å². The van der Waals surface area contributed by atoms with Crippen LogP contribution in [-0.4, -0.2) is 59.9 Å². The van der Waals surface area contributed by atoms with Crippen molar-refractivity contribution in [3.05, 3.63) is 0 Å². The summed E-state index contributed by atoms with van der Waals surface area (Å²) in [6.45, 7) is 0.884. The van der Waals surface area contributed by atoms with Crippen molar-refractivity contribution >= 4 is 11.9 Å². The molecular formula is C10H17N3O4. The number of β-amino-alcohol motifs (C(OH)–C–C–N with tert-alkyl or cyclic N) is 1. The second kappa shape index (κ2) is 4.59. The molecule has 0 radical (unpaired) electrons. The number of aliphatic hydroxyl groups is 1. The Labute approximate surface area is 98.9 Å². The van der Waals surface area contributed by atoms with Gasteiger partial charge >= 0.3 is 6.03 Å². The standard InChI is InChI=1S/C10H17N3O4/c11-5-7(14)6-13-8(15)10(12-9(13)16)1-3-17-4-2-10/h7,14H,1-6,11H2,(H,12,16). The van der Waals surface area contributed by atoms with E-state index in [0.717, 1.165) is 4.90 Å². The van der Waals surface area contributed by atoms with Crippen LogP contribution in [0, 0.1) is 0 Å². The lowest BCUT2D eigenvalue weighted by Crippen LogP contribution is -2.51. The Hall–Kier alpha value is -1.18. The lowest BCUT2D eigenvalue weighted by molar-refractivity contribution is -0.135. The third kappa shape index (κ3) is 2.13. The number of nitrogens with two attached hydrogens (primary N) is 1. The van der Waals surface area contributed by atoms with Crippen molar-refractivity contribution in [2.75, 3.05) is 26.3 Å². The molecule has 1 spiro atoms. The first-order chi connectivity index (χ1) is 8.09. The zero-order valence-corrected chi connectivity index (χ0v) is 9.52. The van der Waals surface area contributed by atoms with E-state index in [-0.39, 0.29) is 19.0 Å². The van der Waals surface area contributed by atoms with Gasteiger partial charge in [0.2, 0.25) is 0 Å². The van der Waals surface area contributed by atoms with Gasteiger partial charge in [0, 0.05) is 32.6 Å². The molecule has 3 amide bonds. The third-order valence-electron chi connectivity index (χ3n) is 3.26. The predicted molar refractivity (Wildman–Crippen MR) is 58.1 cm³/mol. The number of hydrogen-bond donors (Lipinski definition) is 3. The Kier molecular flexibility index (Phi) is 3.32. The average Bonchev–Trinajstić information content (AvgIpc) is 2.55. The van der Waals surface area contributed by atoms with Gasteiger partial charge in [-0.2, -0.15) is 0 Å². The summed E-state index contributed by atoms with van der Waals surface area (Å²) in [4.78, 5) is 24.9. The predicted octanol–water partition coefficient (Wildman–Crippen LogP) is -1.59. The summed E-state index contributed by atoms with van der Waals surface area (Å²) >= 11 is 0. The molecule has 2 saturated heterocycles. The van der Waals surface area contributed by atoms with E-state index < -0.39 is 17.7 Å². The van der Waals surface area contributed by atoms with Crippen LogP contribution in [0.4, 0.5) is 4.79 Å². The maximum Gasteiger partial charge on any atom is 0.325 e. The molecule has 2 heterocycles. The minimum absolute atomic E-state index is 0.0210. The smallest absolute Gasteiger partial charge is 0.325 e. The summed E-state index contributed by atoms with van der Waals surface area (Å²) < 4.78 is 5.19. The fourth-order valence-electron chi connectivity index (χ4n) is 2.19. The van der Waals surface area contributed by atoms with Crippen LogP contribution in [0.3, 0.4) is 0 Å². The van der Waals surface area contributed by atoms with E-state index in [9.17, 15) is 14.7 Å². The first kappa shape index (κ1) is 12.3. The molecule has 0 saturated carbocycles. The summed E-state index contributed by atoms with van der Waals surface area (Å²) in [6, 6.07) is -0.454. The number of nitrogens with one attached hydrogen (secondary N) is 1. The van der Waals surface area contributed by atoms with E-state index >= 15 is 0 Å². The van der Waals surface area contributed by atoms with Gasteiger partial charge < -0.3 is 20.9 Å². The summed E-state index contributed by atoms with van der Waals surface area (Å²) in [7, 11) is 0. The van der Waals surface area contributed by atoms with Crippen LogP contribution in [0.2, 0.25) is 0 Å². The average molecular weight is 243 g/mol. The number of imide groups is 1. The Bertz CT molecular complexity index is 328. The van der Waals surface area contributed by atoms with Crippen LogP contribution in [0.1, 0.15) is 12.8 Å². The largest absolute Gasteiger partial charge is 0.390 e. The topological polar surface area (TPSA) is 105 Å². The van der Waals surface area contributed by atoms with E-state index in [0.29, 0.717) is 26.1 Å². The number of hydrogen-bond acceptors (Lipinski definition) is 5.